The van der Waals surface area contributed by atoms with E-state index in [1.807, 2.05) is 0 Å². The van der Waals surface area contributed by atoms with Crippen LogP contribution in [0.5, 0.6) is 0 Å². The molecule has 0 atom stereocenters. The number of rotatable bonds is 4. The molecule has 0 aliphatic carbocycles. The van der Waals surface area contributed by atoms with Gasteiger partial charge >= 0.3 is 0 Å². The van der Waals surface area contributed by atoms with E-state index in [2.05, 4.69) is 43.3 Å². The van der Waals surface area contributed by atoms with Crippen LogP contribution in [0.25, 0.3) is 21.7 Å². The van der Waals surface area contributed by atoms with E-state index < -0.39 is 0 Å². The van der Waals surface area contributed by atoms with Crippen LogP contribution in [0.15, 0.2) is 47.1 Å². The minimum Gasteiger partial charge on any atom is -0.464 e. The Balaban J connectivity index is 2.13. The van der Waals surface area contributed by atoms with Gasteiger partial charge in [-0.2, -0.15) is 0 Å². The number of hydrogen-bond donors (Lipinski definition) is 0. The predicted octanol–water partition coefficient (Wildman–Crippen LogP) is 5.32. The summed E-state index contributed by atoms with van der Waals surface area (Å²) in [6.07, 6.45) is 6.78. The first kappa shape index (κ1) is 11.3. The fourth-order valence-electron chi connectivity index (χ4n) is 2.64. The molecule has 0 amide bonds. The zero-order chi connectivity index (χ0) is 12.4. The highest BCUT2D eigenvalue weighted by atomic mass is 16.3. The minimum atomic E-state index is 1.04. The van der Waals surface area contributed by atoms with Crippen LogP contribution < -0.4 is 0 Å². The van der Waals surface area contributed by atoms with Crippen LogP contribution in [0.1, 0.15) is 31.7 Å². The van der Waals surface area contributed by atoms with Crippen LogP contribution in [0.3, 0.4) is 0 Å². The van der Waals surface area contributed by atoms with Gasteiger partial charge in [-0.25, -0.2) is 0 Å². The molecule has 0 fully saturated rings. The summed E-state index contributed by atoms with van der Waals surface area (Å²) in [6.45, 7) is 2.24. The van der Waals surface area contributed by atoms with Crippen LogP contribution in [-0.2, 0) is 6.42 Å². The lowest BCUT2D eigenvalue weighted by atomic mass is 9.99. The monoisotopic (exact) mass is 238 g/mol. The molecule has 1 nitrogen and oxygen atoms in total. The van der Waals surface area contributed by atoms with Gasteiger partial charge in [0.2, 0.25) is 0 Å². The molecule has 0 saturated heterocycles. The van der Waals surface area contributed by atoms with Crippen molar-refractivity contribution in [2.45, 2.75) is 32.6 Å². The summed E-state index contributed by atoms with van der Waals surface area (Å²) in [7, 11) is 0. The van der Waals surface area contributed by atoms with Crippen molar-refractivity contribution in [1.82, 2.24) is 0 Å². The summed E-state index contributed by atoms with van der Waals surface area (Å²) in [5.41, 5.74) is 2.46. The maximum atomic E-state index is 5.68. The van der Waals surface area contributed by atoms with Crippen LogP contribution in [0.4, 0.5) is 0 Å². The van der Waals surface area contributed by atoms with Gasteiger partial charge < -0.3 is 4.42 Å². The predicted molar refractivity (Wildman–Crippen MR) is 76.9 cm³/mol. The second kappa shape index (κ2) is 4.85. The van der Waals surface area contributed by atoms with Gasteiger partial charge in [0.1, 0.15) is 5.58 Å². The molecule has 0 aliphatic rings. The van der Waals surface area contributed by atoms with Crippen LogP contribution in [0, 0.1) is 0 Å². The maximum Gasteiger partial charge on any atom is 0.141 e. The van der Waals surface area contributed by atoms with E-state index >= 15 is 0 Å². The fourth-order valence-corrected chi connectivity index (χ4v) is 2.64. The molecule has 0 saturated carbocycles. The minimum absolute atomic E-state index is 1.04. The van der Waals surface area contributed by atoms with E-state index in [1.54, 1.807) is 6.26 Å². The van der Waals surface area contributed by atoms with Gasteiger partial charge in [-0.3, -0.25) is 0 Å². The molecule has 0 bridgehead atoms. The summed E-state index contributed by atoms with van der Waals surface area (Å²) in [5.74, 6) is 0. The molecule has 1 heterocycles. The number of benzene rings is 2. The van der Waals surface area contributed by atoms with Crippen molar-refractivity contribution in [3.05, 3.63) is 48.2 Å². The van der Waals surface area contributed by atoms with E-state index in [0.29, 0.717) is 0 Å². The lowest BCUT2D eigenvalue weighted by molar-refractivity contribution is 0.619. The summed E-state index contributed by atoms with van der Waals surface area (Å²) < 4.78 is 5.68. The molecule has 0 unspecified atom stereocenters. The molecule has 0 radical (unpaired) electrons. The van der Waals surface area contributed by atoms with Crippen LogP contribution in [-0.4, -0.2) is 0 Å². The molecular formula is C17H18O. The normalized spacial score (nSPS) is 11.4. The highest BCUT2D eigenvalue weighted by Crippen LogP contribution is 2.30. The third kappa shape index (κ3) is 1.90. The van der Waals surface area contributed by atoms with Crippen molar-refractivity contribution in [1.29, 1.82) is 0 Å². The Morgan fingerprint density at radius 2 is 1.89 bits per heavy atom. The molecule has 92 valence electrons. The third-order valence-electron chi connectivity index (χ3n) is 3.60. The van der Waals surface area contributed by atoms with E-state index in [1.165, 1.54) is 41.0 Å². The first-order valence-electron chi connectivity index (χ1n) is 6.78. The summed E-state index contributed by atoms with van der Waals surface area (Å²) in [6, 6.07) is 12.9. The largest absolute Gasteiger partial charge is 0.464 e. The lowest BCUT2D eigenvalue weighted by Gasteiger charge is -2.06. The Morgan fingerprint density at radius 1 is 1.00 bits per heavy atom. The molecule has 2 aromatic carbocycles. The Bertz CT molecular complexity index is 663. The molecule has 18 heavy (non-hydrogen) atoms. The Labute approximate surface area is 107 Å². The summed E-state index contributed by atoms with van der Waals surface area (Å²) in [4.78, 5) is 0. The number of aryl methyl sites for hydroxylation is 1. The van der Waals surface area contributed by atoms with Gasteiger partial charge in [0.15, 0.2) is 0 Å². The van der Waals surface area contributed by atoms with E-state index in [4.69, 9.17) is 4.42 Å². The van der Waals surface area contributed by atoms with Crippen molar-refractivity contribution < 1.29 is 4.42 Å². The zero-order valence-corrected chi connectivity index (χ0v) is 10.8. The Kier molecular flexibility index (Phi) is 3.06. The number of unbranched alkanes of at least 4 members (excludes halogenated alkanes) is 2. The summed E-state index contributed by atoms with van der Waals surface area (Å²) >= 11 is 0. The second-order valence-corrected chi connectivity index (χ2v) is 4.88. The van der Waals surface area contributed by atoms with Crippen molar-refractivity contribution >= 4 is 21.7 Å². The standard InChI is InChI=1S/C17H18O/c1-2-3-4-7-14-12-13-8-5-6-9-15(13)17-16(14)10-11-18-17/h5-6,8-12H,2-4,7H2,1H3. The quantitative estimate of drug-likeness (QED) is 0.561. The number of fused-ring (bicyclic) bond motifs is 3. The fraction of sp³-hybridized carbons (Fsp3) is 0.294. The van der Waals surface area contributed by atoms with Crippen molar-refractivity contribution in [3.8, 4) is 0 Å². The lowest BCUT2D eigenvalue weighted by Crippen LogP contribution is -1.87. The van der Waals surface area contributed by atoms with E-state index in [-0.39, 0.29) is 0 Å². The molecular weight excluding hydrogens is 220 g/mol. The first-order valence-corrected chi connectivity index (χ1v) is 6.78. The highest BCUT2D eigenvalue weighted by molar-refractivity contribution is 6.05. The molecule has 0 spiro atoms. The molecule has 0 aliphatic heterocycles. The van der Waals surface area contributed by atoms with Gasteiger partial charge in [0.25, 0.3) is 0 Å². The smallest absolute Gasteiger partial charge is 0.141 e. The van der Waals surface area contributed by atoms with E-state index in [9.17, 15) is 0 Å². The number of furan rings is 1. The Hall–Kier alpha value is -1.76. The second-order valence-electron chi connectivity index (χ2n) is 4.88. The van der Waals surface area contributed by atoms with Gasteiger partial charge in [0.05, 0.1) is 6.26 Å². The Morgan fingerprint density at radius 3 is 2.78 bits per heavy atom. The van der Waals surface area contributed by atoms with Gasteiger partial charge in [-0.1, -0.05) is 50.1 Å². The van der Waals surface area contributed by atoms with E-state index in [0.717, 1.165) is 12.0 Å². The molecule has 3 rings (SSSR count). The molecule has 1 aromatic heterocycles. The molecule has 1 heteroatoms. The van der Waals surface area contributed by atoms with Crippen LogP contribution in [0.2, 0.25) is 0 Å². The third-order valence-corrected chi connectivity index (χ3v) is 3.60. The van der Waals surface area contributed by atoms with Gasteiger partial charge in [-0.05, 0) is 29.9 Å². The van der Waals surface area contributed by atoms with Gasteiger partial charge in [-0.15, -0.1) is 0 Å². The average molecular weight is 238 g/mol. The van der Waals surface area contributed by atoms with Gasteiger partial charge in [0, 0.05) is 10.8 Å². The highest BCUT2D eigenvalue weighted by Gasteiger charge is 2.08. The SMILES string of the molecule is CCCCCc1cc2ccccc2c2occc12. The topological polar surface area (TPSA) is 13.1 Å². The molecule has 0 N–H and O–H groups in total. The summed E-state index contributed by atoms with van der Waals surface area (Å²) in [5, 5.41) is 3.79. The van der Waals surface area contributed by atoms with Crippen molar-refractivity contribution in [2.24, 2.45) is 0 Å². The maximum absolute atomic E-state index is 5.68. The van der Waals surface area contributed by atoms with Crippen molar-refractivity contribution in [2.75, 3.05) is 0 Å². The van der Waals surface area contributed by atoms with Crippen molar-refractivity contribution in [3.63, 3.8) is 0 Å². The van der Waals surface area contributed by atoms with Crippen LogP contribution >= 0.6 is 0 Å². The molecule has 3 aromatic rings. The average Bonchev–Trinajstić information content (AvgIpc) is 2.89. The zero-order valence-electron chi connectivity index (χ0n) is 10.8. The first-order chi connectivity index (χ1) is 8.90. The number of hydrogen-bond acceptors (Lipinski definition) is 1.